The van der Waals surface area contributed by atoms with Gasteiger partial charge in [-0.05, 0) is 30.2 Å². The largest absolute Gasteiger partial charge is 0.497 e. The molecule has 0 heterocycles. The zero-order valence-corrected chi connectivity index (χ0v) is 12.1. The highest BCUT2D eigenvalue weighted by molar-refractivity contribution is 5.86. The molecule has 0 spiro atoms. The maximum atomic E-state index is 11.1. The molecule has 1 unspecified atom stereocenters. The second-order valence-electron chi connectivity index (χ2n) is 4.82. The van der Waals surface area contributed by atoms with Crippen LogP contribution in [0.15, 0.2) is 66.2 Å². The smallest absolute Gasteiger partial charge is 0.330 e. The highest BCUT2D eigenvalue weighted by atomic mass is 16.5. The van der Waals surface area contributed by atoms with Crippen molar-refractivity contribution in [1.29, 1.82) is 0 Å². The van der Waals surface area contributed by atoms with Crippen LogP contribution >= 0.6 is 0 Å². The van der Waals surface area contributed by atoms with Crippen LogP contribution in [0.5, 0.6) is 5.75 Å². The number of rotatable bonds is 5. The van der Waals surface area contributed by atoms with E-state index in [9.17, 15) is 4.79 Å². The minimum Gasteiger partial charge on any atom is -0.497 e. The molecule has 21 heavy (non-hydrogen) atoms. The van der Waals surface area contributed by atoms with Gasteiger partial charge < -0.3 is 9.84 Å². The summed E-state index contributed by atoms with van der Waals surface area (Å²) in [6, 6.07) is 17.5. The molecule has 0 aliphatic carbocycles. The third-order valence-electron chi connectivity index (χ3n) is 3.39. The Morgan fingerprint density at radius 3 is 2.14 bits per heavy atom. The van der Waals surface area contributed by atoms with Gasteiger partial charge in [0.05, 0.1) is 7.11 Å². The van der Waals surface area contributed by atoms with Crippen LogP contribution in [0.3, 0.4) is 0 Å². The number of allylic oxidation sites excluding steroid dienone is 1. The van der Waals surface area contributed by atoms with Crippen LogP contribution in [0.1, 0.15) is 24.0 Å². The van der Waals surface area contributed by atoms with Crippen LogP contribution in [-0.2, 0) is 4.79 Å². The molecule has 3 nitrogen and oxygen atoms in total. The van der Waals surface area contributed by atoms with E-state index in [1.54, 1.807) is 20.1 Å². The average Bonchev–Trinajstić information content (AvgIpc) is 2.53. The Labute approximate surface area is 124 Å². The molecule has 108 valence electrons. The van der Waals surface area contributed by atoms with Crippen molar-refractivity contribution in [2.24, 2.45) is 0 Å². The molecule has 0 aliphatic rings. The fraction of sp³-hybridized carbons (Fsp3) is 0.167. The summed E-state index contributed by atoms with van der Waals surface area (Å²) in [5, 5.41) is 9.12. The molecular formula is C18H18O3. The summed E-state index contributed by atoms with van der Waals surface area (Å²) < 4.78 is 5.16. The van der Waals surface area contributed by atoms with Crippen molar-refractivity contribution < 1.29 is 14.6 Å². The van der Waals surface area contributed by atoms with Crippen LogP contribution in [-0.4, -0.2) is 18.2 Å². The summed E-state index contributed by atoms with van der Waals surface area (Å²) in [5.74, 6) is -0.206. The summed E-state index contributed by atoms with van der Waals surface area (Å²) in [6.07, 6.45) is 1.78. The van der Waals surface area contributed by atoms with E-state index >= 15 is 0 Å². The Balaban J connectivity index is 2.44. The lowest BCUT2D eigenvalue weighted by Gasteiger charge is -2.15. The first-order valence-corrected chi connectivity index (χ1v) is 6.72. The number of aliphatic carboxylic acids is 1. The molecule has 0 fully saturated rings. The standard InChI is InChI=1S/C18H18O3/c1-13(18(19)20)12-17(14-6-4-3-5-7-14)15-8-10-16(21-2)11-9-15/h3-12,17H,1-2H3,(H,19,20)/b13-12+. The van der Waals surface area contributed by atoms with Crippen molar-refractivity contribution in [2.45, 2.75) is 12.8 Å². The lowest BCUT2D eigenvalue weighted by molar-refractivity contribution is -0.132. The topological polar surface area (TPSA) is 46.5 Å². The second-order valence-corrected chi connectivity index (χ2v) is 4.82. The van der Waals surface area contributed by atoms with Crippen molar-refractivity contribution in [3.63, 3.8) is 0 Å². The Bertz CT molecular complexity index is 627. The lowest BCUT2D eigenvalue weighted by atomic mass is 9.89. The Kier molecular flexibility index (Phi) is 4.77. The van der Waals surface area contributed by atoms with Crippen molar-refractivity contribution in [3.8, 4) is 5.75 Å². The zero-order chi connectivity index (χ0) is 15.2. The molecule has 2 rings (SSSR count). The van der Waals surface area contributed by atoms with Crippen molar-refractivity contribution in [2.75, 3.05) is 7.11 Å². The van der Waals surface area contributed by atoms with Gasteiger partial charge in [-0.3, -0.25) is 0 Å². The summed E-state index contributed by atoms with van der Waals surface area (Å²) in [4.78, 5) is 11.1. The molecule has 0 bridgehead atoms. The van der Waals surface area contributed by atoms with Gasteiger partial charge in [-0.25, -0.2) is 4.79 Å². The van der Waals surface area contributed by atoms with Gasteiger partial charge in [0.15, 0.2) is 0 Å². The van der Waals surface area contributed by atoms with Gasteiger partial charge in [-0.2, -0.15) is 0 Å². The van der Waals surface area contributed by atoms with Gasteiger partial charge in [0.25, 0.3) is 0 Å². The van der Waals surface area contributed by atoms with Crippen molar-refractivity contribution in [3.05, 3.63) is 77.4 Å². The fourth-order valence-corrected chi connectivity index (χ4v) is 2.18. The molecule has 2 aromatic carbocycles. The van der Waals surface area contributed by atoms with Crippen LogP contribution < -0.4 is 4.74 Å². The number of carbonyl (C=O) groups is 1. The van der Waals surface area contributed by atoms with E-state index in [0.717, 1.165) is 16.9 Å². The third-order valence-corrected chi connectivity index (χ3v) is 3.39. The normalized spacial score (nSPS) is 12.8. The third kappa shape index (κ3) is 3.72. The first-order chi connectivity index (χ1) is 10.1. The second kappa shape index (κ2) is 6.75. The number of benzene rings is 2. The van der Waals surface area contributed by atoms with Crippen LogP contribution in [0.2, 0.25) is 0 Å². The highest BCUT2D eigenvalue weighted by Gasteiger charge is 2.13. The fourth-order valence-electron chi connectivity index (χ4n) is 2.18. The number of hydrogen-bond acceptors (Lipinski definition) is 2. The molecule has 1 atom stereocenters. The highest BCUT2D eigenvalue weighted by Crippen LogP contribution is 2.28. The van der Waals surface area contributed by atoms with Gasteiger partial charge in [0, 0.05) is 11.5 Å². The van der Waals surface area contributed by atoms with Gasteiger partial charge in [0.1, 0.15) is 5.75 Å². The molecule has 2 aromatic rings. The molecule has 0 amide bonds. The molecule has 0 saturated heterocycles. The summed E-state index contributed by atoms with van der Waals surface area (Å²) in [6.45, 7) is 1.61. The molecule has 0 radical (unpaired) electrons. The first kappa shape index (κ1) is 14.9. The van der Waals surface area contributed by atoms with E-state index in [1.807, 2.05) is 54.6 Å². The Hall–Kier alpha value is -2.55. The number of ether oxygens (including phenoxy) is 1. The molecule has 0 saturated carbocycles. The van der Waals surface area contributed by atoms with Crippen LogP contribution in [0, 0.1) is 0 Å². The van der Waals surface area contributed by atoms with E-state index in [0.29, 0.717) is 5.57 Å². The Morgan fingerprint density at radius 2 is 1.62 bits per heavy atom. The van der Waals surface area contributed by atoms with Crippen molar-refractivity contribution >= 4 is 5.97 Å². The number of hydrogen-bond donors (Lipinski definition) is 1. The van der Waals surface area contributed by atoms with Gasteiger partial charge >= 0.3 is 5.97 Å². The number of carboxylic acids is 1. The van der Waals surface area contributed by atoms with Crippen molar-refractivity contribution in [1.82, 2.24) is 0 Å². The number of methoxy groups -OCH3 is 1. The van der Waals surface area contributed by atoms with Gasteiger partial charge in [-0.15, -0.1) is 0 Å². The van der Waals surface area contributed by atoms with Crippen LogP contribution in [0.4, 0.5) is 0 Å². The summed E-state index contributed by atoms with van der Waals surface area (Å²) in [7, 11) is 1.62. The zero-order valence-electron chi connectivity index (χ0n) is 12.1. The lowest BCUT2D eigenvalue weighted by Crippen LogP contribution is -2.03. The van der Waals surface area contributed by atoms with E-state index < -0.39 is 5.97 Å². The predicted molar refractivity (Wildman–Crippen MR) is 82.7 cm³/mol. The molecular weight excluding hydrogens is 264 g/mol. The minimum absolute atomic E-state index is 0.0896. The maximum absolute atomic E-state index is 11.1. The quantitative estimate of drug-likeness (QED) is 0.847. The Morgan fingerprint density at radius 1 is 1.05 bits per heavy atom. The summed E-state index contributed by atoms with van der Waals surface area (Å²) >= 11 is 0. The summed E-state index contributed by atoms with van der Waals surface area (Å²) in [5.41, 5.74) is 2.42. The molecule has 1 N–H and O–H groups in total. The average molecular weight is 282 g/mol. The monoisotopic (exact) mass is 282 g/mol. The van der Waals surface area contributed by atoms with E-state index in [4.69, 9.17) is 9.84 Å². The van der Waals surface area contributed by atoms with Crippen LogP contribution in [0.25, 0.3) is 0 Å². The van der Waals surface area contributed by atoms with Gasteiger partial charge in [0.2, 0.25) is 0 Å². The first-order valence-electron chi connectivity index (χ1n) is 6.72. The SMILES string of the molecule is COc1ccc(C(/C=C(\C)C(=O)O)c2ccccc2)cc1. The van der Waals surface area contributed by atoms with Gasteiger partial charge in [-0.1, -0.05) is 48.5 Å². The number of carboxylic acid groups (broad SMARTS) is 1. The van der Waals surface area contributed by atoms with E-state index in [2.05, 4.69) is 0 Å². The predicted octanol–water partition coefficient (Wildman–Crippen LogP) is 3.86. The molecule has 3 heteroatoms. The minimum atomic E-state index is -0.899. The molecule has 0 aromatic heterocycles. The molecule has 0 aliphatic heterocycles. The van der Waals surface area contributed by atoms with E-state index in [-0.39, 0.29) is 5.92 Å². The maximum Gasteiger partial charge on any atom is 0.330 e. The van der Waals surface area contributed by atoms with E-state index in [1.165, 1.54) is 0 Å².